The molecular formula is C10H13BrN4. The molecule has 0 N–H and O–H groups in total. The van der Waals surface area contributed by atoms with E-state index in [0.717, 1.165) is 23.1 Å². The maximum atomic E-state index is 4.40. The van der Waals surface area contributed by atoms with Crippen molar-refractivity contribution in [3.8, 4) is 0 Å². The zero-order chi connectivity index (χ0) is 10.8. The maximum Gasteiger partial charge on any atom is 0.0828 e. The topological polar surface area (TPSA) is 35.6 Å². The van der Waals surface area contributed by atoms with Gasteiger partial charge < -0.3 is 0 Å². The van der Waals surface area contributed by atoms with Crippen LogP contribution in [0.4, 0.5) is 0 Å². The van der Waals surface area contributed by atoms with Gasteiger partial charge in [-0.25, -0.2) is 0 Å². The molecular weight excluding hydrogens is 256 g/mol. The van der Waals surface area contributed by atoms with Crippen molar-refractivity contribution in [3.05, 3.63) is 34.3 Å². The van der Waals surface area contributed by atoms with Gasteiger partial charge in [-0.3, -0.25) is 9.36 Å². The van der Waals surface area contributed by atoms with Crippen LogP contribution in [0.1, 0.15) is 18.3 Å². The quantitative estimate of drug-likeness (QED) is 0.854. The summed E-state index contributed by atoms with van der Waals surface area (Å²) in [6, 6.07) is 2.12. The average Bonchev–Trinajstić information content (AvgIpc) is 2.75. The smallest absolute Gasteiger partial charge is 0.0828 e. The third-order valence-corrected chi connectivity index (χ3v) is 2.72. The van der Waals surface area contributed by atoms with Crippen LogP contribution in [-0.4, -0.2) is 19.6 Å². The molecule has 0 aliphatic heterocycles. The van der Waals surface area contributed by atoms with E-state index in [0.29, 0.717) is 0 Å². The number of hydrogen-bond donors (Lipinski definition) is 0. The van der Waals surface area contributed by atoms with Gasteiger partial charge in [-0.2, -0.15) is 10.2 Å². The van der Waals surface area contributed by atoms with Crippen LogP contribution in [0.3, 0.4) is 0 Å². The fraction of sp³-hybridized carbons (Fsp3) is 0.400. The lowest BCUT2D eigenvalue weighted by atomic mass is 10.3. The number of aryl methyl sites for hydroxylation is 2. The summed E-state index contributed by atoms with van der Waals surface area (Å²) >= 11 is 3.38. The summed E-state index contributed by atoms with van der Waals surface area (Å²) in [5.41, 5.74) is 2.29. The Hall–Kier alpha value is -1.10. The zero-order valence-corrected chi connectivity index (χ0v) is 10.4. The molecule has 2 rings (SSSR count). The van der Waals surface area contributed by atoms with Crippen LogP contribution in [-0.2, 0) is 20.0 Å². The minimum absolute atomic E-state index is 0.759. The second kappa shape index (κ2) is 4.18. The van der Waals surface area contributed by atoms with Gasteiger partial charge in [-0.15, -0.1) is 0 Å². The maximum absolute atomic E-state index is 4.40. The summed E-state index contributed by atoms with van der Waals surface area (Å²) in [7, 11) is 1.97. The molecule has 0 amide bonds. The second-order valence-electron chi connectivity index (χ2n) is 3.46. The Morgan fingerprint density at radius 2 is 2.27 bits per heavy atom. The monoisotopic (exact) mass is 268 g/mol. The highest BCUT2D eigenvalue weighted by Gasteiger charge is 2.04. The molecule has 0 atom stereocenters. The number of hydrogen-bond acceptors (Lipinski definition) is 2. The first-order valence-corrected chi connectivity index (χ1v) is 5.68. The molecule has 2 aromatic heterocycles. The number of aromatic nitrogens is 4. The molecule has 0 radical (unpaired) electrons. The van der Waals surface area contributed by atoms with Gasteiger partial charge in [0.05, 0.1) is 28.6 Å². The number of nitrogens with zero attached hydrogens (tertiary/aromatic N) is 4. The van der Waals surface area contributed by atoms with Crippen molar-refractivity contribution in [2.24, 2.45) is 7.05 Å². The third-order valence-electron chi connectivity index (χ3n) is 2.32. The van der Waals surface area contributed by atoms with Crippen molar-refractivity contribution in [1.29, 1.82) is 0 Å². The van der Waals surface area contributed by atoms with Crippen LogP contribution in [0, 0.1) is 0 Å². The van der Waals surface area contributed by atoms with E-state index in [1.807, 2.05) is 22.6 Å². The van der Waals surface area contributed by atoms with E-state index >= 15 is 0 Å². The highest BCUT2D eigenvalue weighted by molar-refractivity contribution is 9.10. The lowest BCUT2D eigenvalue weighted by molar-refractivity contribution is 0.617. The molecule has 0 aliphatic rings. The molecule has 0 saturated carbocycles. The van der Waals surface area contributed by atoms with Gasteiger partial charge in [0.1, 0.15) is 0 Å². The number of halogens is 1. The average molecular weight is 269 g/mol. The first kappa shape index (κ1) is 10.4. The standard InChI is InChI=1S/C10H13BrN4/c1-3-9-4-10(14(2)13-9)7-15-6-8(11)5-12-15/h4-6H,3,7H2,1-2H3. The molecule has 15 heavy (non-hydrogen) atoms. The predicted molar refractivity (Wildman–Crippen MR) is 61.6 cm³/mol. The molecule has 0 saturated heterocycles. The van der Waals surface area contributed by atoms with Gasteiger partial charge in [0.2, 0.25) is 0 Å². The van der Waals surface area contributed by atoms with E-state index in [2.05, 4.69) is 39.1 Å². The first-order chi connectivity index (χ1) is 7.19. The minimum atomic E-state index is 0.759. The largest absolute Gasteiger partial charge is 0.270 e. The van der Waals surface area contributed by atoms with Gasteiger partial charge in [-0.05, 0) is 28.4 Å². The first-order valence-electron chi connectivity index (χ1n) is 4.88. The van der Waals surface area contributed by atoms with Crippen LogP contribution < -0.4 is 0 Å². The Morgan fingerprint density at radius 1 is 1.47 bits per heavy atom. The van der Waals surface area contributed by atoms with Crippen molar-refractivity contribution >= 4 is 15.9 Å². The fourth-order valence-corrected chi connectivity index (χ4v) is 1.81. The molecule has 0 spiro atoms. The van der Waals surface area contributed by atoms with E-state index < -0.39 is 0 Å². The van der Waals surface area contributed by atoms with E-state index in [4.69, 9.17) is 0 Å². The molecule has 4 nitrogen and oxygen atoms in total. The van der Waals surface area contributed by atoms with Crippen LogP contribution in [0.25, 0.3) is 0 Å². The zero-order valence-electron chi connectivity index (χ0n) is 8.81. The molecule has 5 heteroatoms. The molecule has 0 fully saturated rings. The van der Waals surface area contributed by atoms with E-state index in [9.17, 15) is 0 Å². The van der Waals surface area contributed by atoms with Gasteiger partial charge >= 0.3 is 0 Å². The Balaban J connectivity index is 2.20. The molecule has 0 aliphatic carbocycles. The summed E-state index contributed by atoms with van der Waals surface area (Å²) in [5, 5.41) is 8.61. The fourth-order valence-electron chi connectivity index (χ4n) is 1.48. The van der Waals surface area contributed by atoms with Crippen molar-refractivity contribution in [1.82, 2.24) is 19.6 Å². The van der Waals surface area contributed by atoms with Gasteiger partial charge in [-0.1, -0.05) is 6.92 Å². The van der Waals surface area contributed by atoms with Gasteiger partial charge in [0, 0.05) is 13.2 Å². The van der Waals surface area contributed by atoms with Gasteiger partial charge in [0.25, 0.3) is 0 Å². The SMILES string of the molecule is CCc1cc(Cn2cc(Br)cn2)n(C)n1. The third kappa shape index (κ3) is 2.28. The summed E-state index contributed by atoms with van der Waals surface area (Å²) in [4.78, 5) is 0. The van der Waals surface area contributed by atoms with Gasteiger partial charge in [0.15, 0.2) is 0 Å². The van der Waals surface area contributed by atoms with Crippen LogP contribution >= 0.6 is 15.9 Å². The molecule has 0 aromatic carbocycles. The van der Waals surface area contributed by atoms with Crippen molar-refractivity contribution < 1.29 is 0 Å². The van der Waals surface area contributed by atoms with Crippen LogP contribution in [0.15, 0.2) is 22.9 Å². The summed E-state index contributed by atoms with van der Waals surface area (Å²) in [6.45, 7) is 2.87. The van der Waals surface area contributed by atoms with E-state index in [1.54, 1.807) is 6.20 Å². The number of rotatable bonds is 3. The summed E-state index contributed by atoms with van der Waals surface area (Å²) in [5.74, 6) is 0. The molecule has 0 bridgehead atoms. The molecule has 0 unspecified atom stereocenters. The van der Waals surface area contributed by atoms with Crippen LogP contribution in [0.2, 0.25) is 0 Å². The van der Waals surface area contributed by atoms with Crippen molar-refractivity contribution in [3.63, 3.8) is 0 Å². The predicted octanol–water partition coefficient (Wildman–Crippen LogP) is 1.99. The Labute approximate surface area is 97.0 Å². The van der Waals surface area contributed by atoms with E-state index in [-0.39, 0.29) is 0 Å². The normalized spacial score (nSPS) is 10.9. The second-order valence-corrected chi connectivity index (χ2v) is 4.38. The summed E-state index contributed by atoms with van der Waals surface area (Å²) in [6.07, 6.45) is 4.71. The van der Waals surface area contributed by atoms with Crippen molar-refractivity contribution in [2.75, 3.05) is 0 Å². The highest BCUT2D eigenvalue weighted by atomic mass is 79.9. The van der Waals surface area contributed by atoms with Crippen LogP contribution in [0.5, 0.6) is 0 Å². The van der Waals surface area contributed by atoms with E-state index in [1.165, 1.54) is 5.69 Å². The molecule has 2 aromatic rings. The Bertz CT molecular complexity index is 458. The van der Waals surface area contributed by atoms with Crippen molar-refractivity contribution in [2.45, 2.75) is 19.9 Å². The molecule has 80 valence electrons. The molecule has 2 heterocycles. The Kier molecular flexibility index (Phi) is 2.90. The highest BCUT2D eigenvalue weighted by Crippen LogP contribution is 2.09. The Morgan fingerprint density at radius 3 is 2.80 bits per heavy atom. The lowest BCUT2D eigenvalue weighted by Crippen LogP contribution is -2.05. The summed E-state index contributed by atoms with van der Waals surface area (Å²) < 4.78 is 4.80. The minimum Gasteiger partial charge on any atom is -0.270 e. The lowest BCUT2D eigenvalue weighted by Gasteiger charge is -2.00.